The zero-order valence-corrected chi connectivity index (χ0v) is 12.6. The molecular weight excluding hydrogens is 250 g/mol. The minimum absolute atomic E-state index is 0.0136. The van der Waals surface area contributed by atoms with Crippen LogP contribution in [0.25, 0.3) is 0 Å². The Morgan fingerprint density at radius 3 is 2.80 bits per heavy atom. The van der Waals surface area contributed by atoms with E-state index in [1.54, 1.807) is 0 Å². The predicted molar refractivity (Wildman–Crippen MR) is 79.8 cm³/mol. The zero-order valence-electron chi connectivity index (χ0n) is 12.6. The fraction of sp³-hybridized carbons (Fsp3) is 0.647. The molecule has 0 bridgehead atoms. The van der Waals surface area contributed by atoms with Crippen molar-refractivity contribution in [2.75, 3.05) is 32.9 Å². The highest BCUT2D eigenvalue weighted by atomic mass is 16.5. The Balaban J connectivity index is 1.80. The third kappa shape index (κ3) is 2.50. The highest BCUT2D eigenvalue weighted by Crippen LogP contribution is 2.38. The van der Waals surface area contributed by atoms with Gasteiger partial charge in [-0.1, -0.05) is 23.8 Å². The Morgan fingerprint density at radius 1 is 1.35 bits per heavy atom. The standard InChI is InChI=1S/C17H25NO2/c1-13-5-6-14(2)15(8-13)16-4-3-7-18(16)9-17(10-19)11-20-12-17/h5-6,8,16,19H,3-4,7,9-12H2,1-2H3. The number of aliphatic hydroxyl groups excluding tert-OH is 1. The monoisotopic (exact) mass is 275 g/mol. The third-order valence-corrected chi connectivity index (χ3v) is 4.85. The van der Waals surface area contributed by atoms with Crippen LogP contribution in [0.5, 0.6) is 0 Å². The van der Waals surface area contributed by atoms with Crippen molar-refractivity contribution in [1.29, 1.82) is 0 Å². The first kappa shape index (κ1) is 14.1. The molecule has 2 aliphatic rings. The van der Waals surface area contributed by atoms with E-state index in [-0.39, 0.29) is 12.0 Å². The maximum absolute atomic E-state index is 9.65. The van der Waals surface area contributed by atoms with Crippen LogP contribution in [0.15, 0.2) is 18.2 Å². The summed E-state index contributed by atoms with van der Waals surface area (Å²) in [6.45, 7) is 8.13. The van der Waals surface area contributed by atoms with Crippen molar-refractivity contribution < 1.29 is 9.84 Å². The van der Waals surface area contributed by atoms with Crippen molar-refractivity contribution in [3.63, 3.8) is 0 Å². The number of hydrogen-bond donors (Lipinski definition) is 1. The van der Waals surface area contributed by atoms with Gasteiger partial charge in [-0.2, -0.15) is 0 Å². The lowest BCUT2D eigenvalue weighted by molar-refractivity contribution is -0.149. The lowest BCUT2D eigenvalue weighted by Crippen LogP contribution is -2.53. The number of rotatable bonds is 4. The van der Waals surface area contributed by atoms with E-state index in [9.17, 15) is 5.11 Å². The molecular formula is C17H25NO2. The number of aliphatic hydroxyl groups is 1. The molecule has 0 saturated carbocycles. The van der Waals surface area contributed by atoms with Crippen LogP contribution in [0.2, 0.25) is 0 Å². The molecule has 2 saturated heterocycles. The molecule has 1 N–H and O–H groups in total. The molecule has 110 valence electrons. The Kier molecular flexibility index (Phi) is 3.85. The van der Waals surface area contributed by atoms with Crippen LogP contribution in [0.1, 0.15) is 35.6 Å². The van der Waals surface area contributed by atoms with E-state index >= 15 is 0 Å². The van der Waals surface area contributed by atoms with Crippen molar-refractivity contribution in [2.24, 2.45) is 5.41 Å². The largest absolute Gasteiger partial charge is 0.396 e. The third-order valence-electron chi connectivity index (χ3n) is 4.85. The molecule has 2 aliphatic heterocycles. The molecule has 1 aromatic carbocycles. The Morgan fingerprint density at radius 2 is 2.15 bits per heavy atom. The maximum atomic E-state index is 9.65. The van der Waals surface area contributed by atoms with Gasteiger partial charge in [0.05, 0.1) is 25.2 Å². The summed E-state index contributed by atoms with van der Waals surface area (Å²) in [4.78, 5) is 2.56. The van der Waals surface area contributed by atoms with E-state index in [1.807, 2.05) is 0 Å². The summed E-state index contributed by atoms with van der Waals surface area (Å²) in [6.07, 6.45) is 2.48. The van der Waals surface area contributed by atoms with Gasteiger partial charge in [-0.3, -0.25) is 4.90 Å². The number of likely N-dealkylation sites (tertiary alicyclic amines) is 1. The lowest BCUT2D eigenvalue weighted by Gasteiger charge is -2.44. The van der Waals surface area contributed by atoms with Gasteiger partial charge in [0.1, 0.15) is 0 Å². The van der Waals surface area contributed by atoms with Crippen LogP contribution < -0.4 is 0 Å². The highest BCUT2D eigenvalue weighted by Gasteiger charge is 2.42. The molecule has 1 aromatic rings. The second-order valence-corrected chi connectivity index (χ2v) is 6.64. The van der Waals surface area contributed by atoms with Crippen LogP contribution in [0.3, 0.4) is 0 Å². The molecule has 1 unspecified atom stereocenters. The first-order chi connectivity index (χ1) is 9.63. The van der Waals surface area contributed by atoms with Crippen LogP contribution in [0, 0.1) is 19.3 Å². The summed E-state index contributed by atoms with van der Waals surface area (Å²) in [6, 6.07) is 7.27. The summed E-state index contributed by atoms with van der Waals surface area (Å²) in [5, 5.41) is 9.65. The van der Waals surface area contributed by atoms with Crippen LogP contribution in [0.4, 0.5) is 0 Å². The first-order valence-corrected chi connectivity index (χ1v) is 7.63. The molecule has 2 heterocycles. The number of nitrogens with zero attached hydrogens (tertiary/aromatic N) is 1. The summed E-state index contributed by atoms with van der Waals surface area (Å²) in [5.74, 6) is 0. The van der Waals surface area contributed by atoms with Crippen molar-refractivity contribution in [1.82, 2.24) is 4.90 Å². The average Bonchev–Trinajstić information content (AvgIpc) is 2.84. The van der Waals surface area contributed by atoms with E-state index < -0.39 is 0 Å². The van der Waals surface area contributed by atoms with E-state index in [1.165, 1.54) is 29.5 Å². The van der Waals surface area contributed by atoms with Gasteiger partial charge >= 0.3 is 0 Å². The van der Waals surface area contributed by atoms with Gasteiger partial charge in [0.25, 0.3) is 0 Å². The van der Waals surface area contributed by atoms with Crippen molar-refractivity contribution in [2.45, 2.75) is 32.7 Å². The van der Waals surface area contributed by atoms with Gasteiger partial charge in [0.2, 0.25) is 0 Å². The van der Waals surface area contributed by atoms with Crippen molar-refractivity contribution in [3.05, 3.63) is 34.9 Å². The Labute approximate surface area is 121 Å². The molecule has 0 spiro atoms. The van der Waals surface area contributed by atoms with Gasteiger partial charge < -0.3 is 9.84 Å². The fourth-order valence-electron chi connectivity index (χ4n) is 3.54. The summed E-state index contributed by atoms with van der Waals surface area (Å²) < 4.78 is 5.34. The molecule has 3 rings (SSSR count). The normalized spacial score (nSPS) is 25.6. The molecule has 3 nitrogen and oxygen atoms in total. The average molecular weight is 275 g/mol. The smallest absolute Gasteiger partial charge is 0.0579 e. The highest BCUT2D eigenvalue weighted by molar-refractivity contribution is 5.33. The molecule has 0 radical (unpaired) electrons. The lowest BCUT2D eigenvalue weighted by atomic mass is 9.85. The van der Waals surface area contributed by atoms with Gasteiger partial charge in [0.15, 0.2) is 0 Å². The van der Waals surface area contributed by atoms with Crippen LogP contribution in [-0.4, -0.2) is 42.9 Å². The minimum Gasteiger partial charge on any atom is -0.396 e. The number of aryl methyl sites for hydroxylation is 2. The van der Waals surface area contributed by atoms with Crippen LogP contribution >= 0.6 is 0 Å². The van der Waals surface area contributed by atoms with Gasteiger partial charge in [-0.25, -0.2) is 0 Å². The van der Waals surface area contributed by atoms with Gasteiger partial charge in [-0.05, 0) is 44.4 Å². The second-order valence-electron chi connectivity index (χ2n) is 6.64. The molecule has 1 atom stereocenters. The second kappa shape index (κ2) is 5.47. The molecule has 2 fully saturated rings. The number of benzene rings is 1. The predicted octanol–water partition coefficient (Wildman–Crippen LogP) is 2.45. The molecule has 0 aromatic heterocycles. The SMILES string of the molecule is Cc1ccc(C)c(C2CCCN2CC2(CO)COC2)c1. The Hall–Kier alpha value is -0.900. The van der Waals surface area contributed by atoms with E-state index in [2.05, 4.69) is 36.9 Å². The van der Waals surface area contributed by atoms with E-state index in [0.717, 1.165) is 13.1 Å². The van der Waals surface area contributed by atoms with Gasteiger partial charge in [0, 0.05) is 12.6 Å². The summed E-state index contributed by atoms with van der Waals surface area (Å²) in [7, 11) is 0. The van der Waals surface area contributed by atoms with Crippen molar-refractivity contribution in [3.8, 4) is 0 Å². The Bertz CT molecular complexity index is 476. The number of ether oxygens (including phenoxy) is 1. The molecule has 3 heteroatoms. The molecule has 20 heavy (non-hydrogen) atoms. The zero-order chi connectivity index (χ0) is 14.2. The van der Waals surface area contributed by atoms with Crippen LogP contribution in [-0.2, 0) is 4.74 Å². The quantitative estimate of drug-likeness (QED) is 0.916. The summed E-state index contributed by atoms with van der Waals surface area (Å²) in [5.41, 5.74) is 4.17. The fourth-order valence-corrected chi connectivity index (χ4v) is 3.54. The first-order valence-electron chi connectivity index (χ1n) is 7.63. The van der Waals surface area contributed by atoms with E-state index in [4.69, 9.17) is 4.74 Å². The van der Waals surface area contributed by atoms with E-state index in [0.29, 0.717) is 19.3 Å². The molecule has 0 amide bonds. The topological polar surface area (TPSA) is 32.7 Å². The van der Waals surface area contributed by atoms with Gasteiger partial charge in [-0.15, -0.1) is 0 Å². The van der Waals surface area contributed by atoms with Crippen molar-refractivity contribution >= 4 is 0 Å². The maximum Gasteiger partial charge on any atom is 0.0579 e. The minimum atomic E-state index is -0.0136. The number of hydrogen-bond acceptors (Lipinski definition) is 3. The molecule has 0 aliphatic carbocycles. The summed E-state index contributed by atoms with van der Waals surface area (Å²) >= 11 is 0.